The highest BCUT2D eigenvalue weighted by molar-refractivity contribution is 7.99. The third kappa shape index (κ3) is 3.08. The van der Waals surface area contributed by atoms with Crippen LogP contribution in [-0.2, 0) is 10.3 Å². The normalized spacial score (nSPS) is 12.6. The fraction of sp³-hybridized carbons (Fsp3) is 0.125. The lowest BCUT2D eigenvalue weighted by Gasteiger charge is -2.08. The molecule has 2 aromatic carbocycles. The number of nitrogens with one attached hydrogen (secondary N) is 2. The monoisotopic (exact) mass is 394 g/mol. The number of rotatable bonds is 2. The molecule has 25 heavy (non-hydrogen) atoms. The van der Waals surface area contributed by atoms with Crippen LogP contribution in [0, 0.1) is 0 Å². The zero-order valence-electron chi connectivity index (χ0n) is 12.1. The Hall–Kier alpha value is -2.16. The first kappa shape index (κ1) is 17.7. The number of imidazole rings is 1. The van der Waals surface area contributed by atoms with Gasteiger partial charge in [-0.1, -0.05) is 19.0 Å². The zero-order chi connectivity index (χ0) is 16.8. The second kappa shape index (κ2) is 6.62. The molecule has 0 unspecified atom stereocenters. The first-order chi connectivity index (χ1) is 11.5. The lowest BCUT2D eigenvalue weighted by atomic mass is 10.1. The maximum atomic E-state index is 11.4. The summed E-state index contributed by atoms with van der Waals surface area (Å²) in [6, 6.07) is 9.01. The summed E-state index contributed by atoms with van der Waals surface area (Å²) >= 11 is 7.39. The number of aromatic nitrogens is 2. The van der Waals surface area contributed by atoms with Crippen LogP contribution in [0.3, 0.4) is 0 Å². The number of fused-ring (bicyclic) bond motifs is 2. The van der Waals surface area contributed by atoms with E-state index < -0.39 is 10.3 Å². The van der Waals surface area contributed by atoms with Gasteiger partial charge in [0.15, 0.2) is 5.16 Å². The Morgan fingerprint density at radius 2 is 2.04 bits per heavy atom. The van der Waals surface area contributed by atoms with E-state index in [0.717, 1.165) is 21.6 Å². The third-order valence-electron chi connectivity index (χ3n) is 3.74. The molecule has 0 saturated heterocycles. The molecule has 0 aliphatic carbocycles. The highest BCUT2D eigenvalue weighted by atomic mass is 35.5. The standard InChI is InChI=1S/C15H11ClN4O2S2.CH4/c16-7-1-3-9-10(5-7)20-15(19-9)23-11-4-2-8(17)13-12(24(21)22)6-18-14(11)13;/h1-5,18H,6,17H2,(H,19,20);1H4. The van der Waals surface area contributed by atoms with Crippen molar-refractivity contribution in [1.29, 1.82) is 0 Å². The van der Waals surface area contributed by atoms with Gasteiger partial charge >= 0.3 is 0 Å². The van der Waals surface area contributed by atoms with Crippen LogP contribution in [0.25, 0.3) is 11.0 Å². The third-order valence-corrected chi connectivity index (χ3v) is 5.67. The van der Waals surface area contributed by atoms with Gasteiger partial charge in [-0.3, -0.25) is 0 Å². The molecule has 3 aromatic rings. The molecular formula is C16H15ClN4O2S2. The van der Waals surface area contributed by atoms with Crippen molar-refractivity contribution < 1.29 is 8.42 Å². The van der Waals surface area contributed by atoms with Crippen LogP contribution in [-0.4, -0.2) is 29.8 Å². The Labute approximate surface area is 155 Å². The van der Waals surface area contributed by atoms with E-state index in [4.69, 9.17) is 17.3 Å². The maximum Gasteiger partial charge on any atom is 0.219 e. The molecular weight excluding hydrogens is 380 g/mol. The van der Waals surface area contributed by atoms with Crippen LogP contribution in [0.15, 0.2) is 40.4 Å². The molecule has 0 bridgehead atoms. The number of H-pyrrole nitrogens is 1. The highest BCUT2D eigenvalue weighted by Crippen LogP contribution is 2.40. The van der Waals surface area contributed by atoms with E-state index in [2.05, 4.69) is 15.3 Å². The van der Waals surface area contributed by atoms with E-state index in [0.29, 0.717) is 21.4 Å². The molecule has 4 N–H and O–H groups in total. The first-order valence-electron chi connectivity index (χ1n) is 6.98. The van der Waals surface area contributed by atoms with E-state index in [-0.39, 0.29) is 18.8 Å². The van der Waals surface area contributed by atoms with Gasteiger partial charge in [-0.15, -0.1) is 0 Å². The van der Waals surface area contributed by atoms with Gasteiger partial charge in [0, 0.05) is 21.2 Å². The number of nitrogen functional groups attached to an aromatic ring is 1. The molecule has 4 rings (SSSR count). The molecule has 1 aromatic heterocycles. The van der Waals surface area contributed by atoms with Gasteiger partial charge in [-0.2, -0.15) is 8.42 Å². The number of hydrogen-bond donors (Lipinski definition) is 3. The minimum atomic E-state index is -2.31. The Bertz CT molecular complexity index is 1110. The van der Waals surface area contributed by atoms with Crippen molar-refractivity contribution in [2.75, 3.05) is 17.6 Å². The summed E-state index contributed by atoms with van der Waals surface area (Å²) in [6.07, 6.45) is 0. The first-order valence-corrected chi connectivity index (χ1v) is 9.25. The second-order valence-electron chi connectivity index (χ2n) is 5.22. The largest absolute Gasteiger partial charge is 0.398 e. The number of anilines is 2. The highest BCUT2D eigenvalue weighted by Gasteiger charge is 2.25. The van der Waals surface area contributed by atoms with E-state index in [1.54, 1.807) is 18.2 Å². The molecule has 1 aliphatic rings. The predicted octanol–water partition coefficient (Wildman–Crippen LogP) is 3.41. The van der Waals surface area contributed by atoms with Gasteiger partial charge in [-0.05, 0) is 42.1 Å². The molecule has 0 radical (unpaired) electrons. The summed E-state index contributed by atoms with van der Waals surface area (Å²) < 4.78 is 22.7. The van der Waals surface area contributed by atoms with Crippen molar-refractivity contribution >= 4 is 60.9 Å². The van der Waals surface area contributed by atoms with Gasteiger partial charge in [0.25, 0.3) is 0 Å². The lowest BCUT2D eigenvalue weighted by Crippen LogP contribution is -2.06. The van der Waals surface area contributed by atoms with Crippen LogP contribution < -0.4 is 11.1 Å². The summed E-state index contributed by atoms with van der Waals surface area (Å²) in [6.45, 7) is 0.239. The Morgan fingerprint density at radius 3 is 2.80 bits per heavy atom. The second-order valence-corrected chi connectivity index (χ2v) is 7.65. The minimum absolute atomic E-state index is 0. The fourth-order valence-corrected chi connectivity index (χ4v) is 4.34. The molecule has 0 saturated carbocycles. The summed E-state index contributed by atoms with van der Waals surface area (Å²) in [4.78, 5) is 8.85. The molecule has 0 amide bonds. The van der Waals surface area contributed by atoms with Gasteiger partial charge in [0.1, 0.15) is 4.86 Å². The van der Waals surface area contributed by atoms with E-state index >= 15 is 0 Å². The van der Waals surface area contributed by atoms with Crippen molar-refractivity contribution in [1.82, 2.24) is 9.97 Å². The predicted molar refractivity (Wildman–Crippen MR) is 104 cm³/mol. The van der Waals surface area contributed by atoms with Crippen molar-refractivity contribution in [3.63, 3.8) is 0 Å². The van der Waals surface area contributed by atoms with Crippen molar-refractivity contribution in [3.8, 4) is 0 Å². The van der Waals surface area contributed by atoms with Crippen LogP contribution in [0.5, 0.6) is 0 Å². The van der Waals surface area contributed by atoms with Crippen molar-refractivity contribution in [2.45, 2.75) is 17.5 Å². The molecule has 9 heteroatoms. The molecule has 0 spiro atoms. The summed E-state index contributed by atoms with van der Waals surface area (Å²) in [5.41, 5.74) is 9.33. The van der Waals surface area contributed by atoms with Crippen LogP contribution in [0.2, 0.25) is 5.02 Å². The molecule has 6 nitrogen and oxygen atoms in total. The topological polar surface area (TPSA) is 101 Å². The fourth-order valence-electron chi connectivity index (χ4n) is 2.67. The summed E-state index contributed by atoms with van der Waals surface area (Å²) in [5, 5.41) is 4.43. The average molecular weight is 395 g/mol. The number of nitrogens with two attached hydrogens (primary N) is 1. The van der Waals surface area contributed by atoms with Gasteiger partial charge in [0.2, 0.25) is 10.3 Å². The van der Waals surface area contributed by atoms with Crippen molar-refractivity contribution in [3.05, 3.63) is 40.9 Å². The summed E-state index contributed by atoms with van der Waals surface area (Å²) in [5.74, 6) is 0. The van der Waals surface area contributed by atoms with Gasteiger partial charge < -0.3 is 16.0 Å². The lowest BCUT2D eigenvalue weighted by molar-refractivity contribution is 0.627. The molecule has 0 atom stereocenters. The Kier molecular flexibility index (Phi) is 4.68. The molecule has 0 fully saturated rings. The number of benzene rings is 2. The van der Waals surface area contributed by atoms with E-state index in [1.807, 2.05) is 12.1 Å². The van der Waals surface area contributed by atoms with Crippen molar-refractivity contribution in [2.24, 2.45) is 0 Å². The molecule has 1 aliphatic heterocycles. The van der Waals surface area contributed by atoms with Crippen LogP contribution >= 0.6 is 23.4 Å². The minimum Gasteiger partial charge on any atom is -0.398 e. The molecule has 130 valence electrons. The Balaban J connectivity index is 0.00000182. The average Bonchev–Trinajstić information content (AvgIpc) is 3.13. The van der Waals surface area contributed by atoms with Gasteiger partial charge in [0.05, 0.1) is 23.3 Å². The SMILES string of the molecule is C.Nc1ccc(Sc2nc3cc(Cl)ccc3[nH]2)c2c1C(=S(=O)=O)CN2. The smallest absolute Gasteiger partial charge is 0.219 e. The van der Waals surface area contributed by atoms with Crippen LogP contribution in [0.1, 0.15) is 13.0 Å². The number of nitrogens with zero attached hydrogens (tertiary/aromatic N) is 1. The van der Waals surface area contributed by atoms with Crippen LogP contribution in [0.4, 0.5) is 11.4 Å². The summed E-state index contributed by atoms with van der Waals surface area (Å²) in [7, 11) is -2.31. The number of halogens is 1. The maximum absolute atomic E-state index is 11.4. The zero-order valence-corrected chi connectivity index (χ0v) is 14.5. The quantitative estimate of drug-likeness (QED) is 0.455. The number of aromatic amines is 1. The van der Waals surface area contributed by atoms with Gasteiger partial charge in [-0.25, -0.2) is 4.98 Å². The Morgan fingerprint density at radius 1 is 1.24 bits per heavy atom. The van der Waals surface area contributed by atoms with E-state index in [1.165, 1.54) is 11.8 Å². The number of hydrogen-bond acceptors (Lipinski definition) is 6. The van der Waals surface area contributed by atoms with E-state index in [9.17, 15) is 8.42 Å². The molecule has 2 heterocycles.